The summed E-state index contributed by atoms with van der Waals surface area (Å²) in [6.07, 6.45) is 3.05. The maximum atomic E-state index is 12.2. The molecule has 0 bridgehead atoms. The van der Waals surface area contributed by atoms with Crippen molar-refractivity contribution in [3.8, 4) is 0 Å². The minimum atomic E-state index is -0.0354. The number of rotatable bonds is 5. The van der Waals surface area contributed by atoms with Gasteiger partial charge in [-0.2, -0.15) is 0 Å². The van der Waals surface area contributed by atoms with Crippen molar-refractivity contribution in [2.45, 2.75) is 31.8 Å². The number of hydrogen-bond donors (Lipinski definition) is 2. The van der Waals surface area contributed by atoms with Gasteiger partial charge in [0.05, 0.1) is 0 Å². The minimum absolute atomic E-state index is 0.0354. The van der Waals surface area contributed by atoms with E-state index in [2.05, 4.69) is 10.2 Å². The highest BCUT2D eigenvalue weighted by atomic mass is 16.3. The zero-order valence-corrected chi connectivity index (χ0v) is 12.3. The SMILES string of the molecule is CN(C)Cc1ccc(C(=O)NC2CCCC2CO)cc1. The van der Waals surface area contributed by atoms with E-state index in [4.69, 9.17) is 0 Å². The summed E-state index contributed by atoms with van der Waals surface area (Å²) in [6, 6.07) is 7.85. The first-order valence-electron chi connectivity index (χ1n) is 7.25. The molecule has 1 saturated carbocycles. The molecule has 1 amide bonds. The van der Waals surface area contributed by atoms with E-state index in [0.717, 1.165) is 25.8 Å². The Morgan fingerprint density at radius 2 is 2.00 bits per heavy atom. The van der Waals surface area contributed by atoms with Gasteiger partial charge in [-0.05, 0) is 44.6 Å². The number of aliphatic hydroxyl groups excluding tert-OH is 1. The molecule has 1 aliphatic rings. The van der Waals surface area contributed by atoms with Crippen LogP contribution >= 0.6 is 0 Å². The highest BCUT2D eigenvalue weighted by Gasteiger charge is 2.27. The largest absolute Gasteiger partial charge is 0.396 e. The Labute approximate surface area is 120 Å². The number of amides is 1. The minimum Gasteiger partial charge on any atom is -0.396 e. The second-order valence-electron chi connectivity index (χ2n) is 5.89. The number of hydrogen-bond acceptors (Lipinski definition) is 3. The summed E-state index contributed by atoms with van der Waals surface area (Å²) in [4.78, 5) is 14.3. The Kier molecular flexibility index (Phi) is 5.15. The fourth-order valence-electron chi connectivity index (χ4n) is 2.82. The van der Waals surface area contributed by atoms with Gasteiger partial charge in [0.2, 0.25) is 0 Å². The summed E-state index contributed by atoms with van der Waals surface area (Å²) in [6.45, 7) is 1.03. The van der Waals surface area contributed by atoms with Gasteiger partial charge in [-0.25, -0.2) is 0 Å². The predicted octanol–water partition coefficient (Wildman–Crippen LogP) is 1.64. The van der Waals surface area contributed by atoms with Crippen LogP contribution in [-0.2, 0) is 6.54 Å². The van der Waals surface area contributed by atoms with Gasteiger partial charge in [-0.3, -0.25) is 4.79 Å². The summed E-state index contributed by atoms with van der Waals surface area (Å²) in [7, 11) is 4.05. The average Bonchev–Trinajstić information content (AvgIpc) is 2.86. The Bertz CT molecular complexity index is 442. The monoisotopic (exact) mass is 276 g/mol. The van der Waals surface area contributed by atoms with Crippen LogP contribution in [0, 0.1) is 5.92 Å². The molecule has 1 fully saturated rings. The fourth-order valence-corrected chi connectivity index (χ4v) is 2.82. The second kappa shape index (κ2) is 6.86. The zero-order chi connectivity index (χ0) is 14.5. The summed E-state index contributed by atoms with van der Waals surface area (Å²) in [5, 5.41) is 12.3. The zero-order valence-electron chi connectivity index (χ0n) is 12.3. The Morgan fingerprint density at radius 1 is 1.30 bits per heavy atom. The van der Waals surface area contributed by atoms with Gasteiger partial charge < -0.3 is 15.3 Å². The van der Waals surface area contributed by atoms with Crippen LogP contribution in [0.2, 0.25) is 0 Å². The number of nitrogens with one attached hydrogen (secondary N) is 1. The van der Waals surface area contributed by atoms with Crippen molar-refractivity contribution in [1.82, 2.24) is 10.2 Å². The average molecular weight is 276 g/mol. The smallest absolute Gasteiger partial charge is 0.251 e. The van der Waals surface area contributed by atoms with Crippen molar-refractivity contribution in [2.75, 3.05) is 20.7 Å². The second-order valence-corrected chi connectivity index (χ2v) is 5.89. The lowest BCUT2D eigenvalue weighted by molar-refractivity contribution is 0.0916. The first-order valence-corrected chi connectivity index (χ1v) is 7.25. The van der Waals surface area contributed by atoms with E-state index in [1.807, 2.05) is 38.4 Å². The molecule has 0 heterocycles. The van der Waals surface area contributed by atoms with Gasteiger partial charge in [0.1, 0.15) is 0 Å². The van der Waals surface area contributed by atoms with Gasteiger partial charge in [-0.1, -0.05) is 18.6 Å². The van der Waals surface area contributed by atoms with Crippen molar-refractivity contribution >= 4 is 5.91 Å². The number of benzene rings is 1. The van der Waals surface area contributed by atoms with Gasteiger partial charge in [0.25, 0.3) is 5.91 Å². The van der Waals surface area contributed by atoms with Crippen LogP contribution in [-0.4, -0.2) is 42.7 Å². The summed E-state index contributed by atoms with van der Waals surface area (Å²) in [5.74, 6) is 0.179. The normalized spacial score (nSPS) is 22.2. The lowest BCUT2D eigenvalue weighted by Gasteiger charge is -2.19. The molecule has 0 saturated heterocycles. The Hall–Kier alpha value is -1.39. The molecule has 110 valence electrons. The number of carbonyl (C=O) groups is 1. The molecule has 2 rings (SSSR count). The summed E-state index contributed by atoms with van der Waals surface area (Å²) < 4.78 is 0. The molecule has 1 aromatic carbocycles. The van der Waals surface area contributed by atoms with Crippen LogP contribution in [0.3, 0.4) is 0 Å². The van der Waals surface area contributed by atoms with E-state index in [0.29, 0.717) is 5.56 Å². The van der Waals surface area contributed by atoms with Crippen LogP contribution in [0.5, 0.6) is 0 Å². The van der Waals surface area contributed by atoms with Crippen molar-refractivity contribution in [3.05, 3.63) is 35.4 Å². The molecule has 2 unspecified atom stereocenters. The van der Waals surface area contributed by atoms with E-state index in [1.165, 1.54) is 5.56 Å². The Morgan fingerprint density at radius 3 is 2.60 bits per heavy atom. The van der Waals surface area contributed by atoms with E-state index in [-0.39, 0.29) is 24.5 Å². The molecule has 4 nitrogen and oxygen atoms in total. The third-order valence-electron chi connectivity index (χ3n) is 3.93. The molecular weight excluding hydrogens is 252 g/mol. The third-order valence-corrected chi connectivity index (χ3v) is 3.93. The highest BCUT2D eigenvalue weighted by molar-refractivity contribution is 5.94. The van der Waals surface area contributed by atoms with Crippen molar-refractivity contribution < 1.29 is 9.90 Å². The standard InChI is InChI=1S/C16H24N2O2/c1-18(2)10-12-6-8-13(9-7-12)16(20)17-15-5-3-4-14(15)11-19/h6-9,14-15,19H,3-5,10-11H2,1-2H3,(H,17,20). The molecule has 0 aromatic heterocycles. The van der Waals surface area contributed by atoms with Crippen molar-refractivity contribution in [1.29, 1.82) is 0 Å². The summed E-state index contributed by atoms with van der Waals surface area (Å²) in [5.41, 5.74) is 1.89. The molecule has 1 aromatic rings. The van der Waals surface area contributed by atoms with Gasteiger partial charge in [-0.15, -0.1) is 0 Å². The quantitative estimate of drug-likeness (QED) is 0.859. The van der Waals surface area contributed by atoms with E-state index in [1.54, 1.807) is 0 Å². The van der Waals surface area contributed by atoms with E-state index < -0.39 is 0 Å². The Balaban J connectivity index is 1.95. The van der Waals surface area contributed by atoms with Gasteiger partial charge >= 0.3 is 0 Å². The number of carbonyl (C=O) groups excluding carboxylic acids is 1. The van der Waals surface area contributed by atoms with Crippen LogP contribution in [0.15, 0.2) is 24.3 Å². The molecule has 2 N–H and O–H groups in total. The third kappa shape index (κ3) is 3.81. The highest BCUT2D eigenvalue weighted by Crippen LogP contribution is 2.25. The van der Waals surface area contributed by atoms with Crippen LogP contribution in [0.4, 0.5) is 0 Å². The molecule has 2 atom stereocenters. The molecule has 0 spiro atoms. The molecule has 0 aliphatic heterocycles. The van der Waals surface area contributed by atoms with Gasteiger partial charge in [0, 0.05) is 30.7 Å². The van der Waals surface area contributed by atoms with Crippen molar-refractivity contribution in [2.24, 2.45) is 5.92 Å². The lowest BCUT2D eigenvalue weighted by Crippen LogP contribution is -2.38. The maximum absolute atomic E-state index is 12.2. The van der Waals surface area contributed by atoms with E-state index in [9.17, 15) is 9.90 Å². The lowest BCUT2D eigenvalue weighted by atomic mass is 10.0. The summed E-state index contributed by atoms with van der Waals surface area (Å²) >= 11 is 0. The van der Waals surface area contributed by atoms with Crippen molar-refractivity contribution in [3.63, 3.8) is 0 Å². The predicted molar refractivity (Wildman–Crippen MR) is 79.5 cm³/mol. The fraction of sp³-hybridized carbons (Fsp3) is 0.562. The molecule has 4 heteroatoms. The molecular formula is C16H24N2O2. The van der Waals surface area contributed by atoms with Crippen LogP contribution in [0.25, 0.3) is 0 Å². The van der Waals surface area contributed by atoms with Crippen LogP contribution in [0.1, 0.15) is 35.2 Å². The first-order chi connectivity index (χ1) is 9.60. The molecule has 0 radical (unpaired) electrons. The maximum Gasteiger partial charge on any atom is 0.251 e. The number of aliphatic hydroxyl groups is 1. The van der Waals surface area contributed by atoms with Crippen LogP contribution < -0.4 is 5.32 Å². The molecule has 20 heavy (non-hydrogen) atoms. The van der Waals surface area contributed by atoms with Gasteiger partial charge in [0.15, 0.2) is 0 Å². The topological polar surface area (TPSA) is 52.6 Å². The first kappa shape index (κ1) is 15.0. The van der Waals surface area contributed by atoms with E-state index >= 15 is 0 Å². The number of nitrogens with zero attached hydrogens (tertiary/aromatic N) is 1. The molecule has 1 aliphatic carbocycles.